The molecule has 0 aliphatic rings. The molecule has 1 aromatic carbocycles. The number of aryl methyl sites for hydroxylation is 1. The number of nitrogens with two attached hydrogens (primary N) is 1. The highest BCUT2D eigenvalue weighted by atomic mass is 32.2. The molecular formula is C15H13FN4O2S. The van der Waals surface area contributed by atoms with Crippen LogP contribution in [0.3, 0.4) is 0 Å². The Labute approximate surface area is 134 Å². The predicted octanol–water partition coefficient (Wildman–Crippen LogP) is 1.74. The van der Waals surface area contributed by atoms with Crippen LogP contribution in [0.2, 0.25) is 0 Å². The summed E-state index contributed by atoms with van der Waals surface area (Å²) < 4.78 is 14.5. The maximum Gasteiger partial charge on any atom is 0.283 e. The van der Waals surface area contributed by atoms with Gasteiger partial charge in [0.15, 0.2) is 5.16 Å². The Balaban J connectivity index is 2.24. The number of nitrogens with one attached hydrogen (secondary N) is 1. The fourth-order valence-electron chi connectivity index (χ4n) is 2.23. The standard InChI is InChI=1S/C15H13FN4O2S/c1-8-6-11-13(18-8)14(22)20(10-4-2-9(16)3-5-10)15(19-11)23-7-12(17)21/h2-6,18H,7H2,1H3,(H2,17,21). The van der Waals surface area contributed by atoms with Crippen LogP contribution in [0.25, 0.3) is 16.7 Å². The van der Waals surface area contributed by atoms with E-state index in [4.69, 9.17) is 5.73 Å². The number of hydrogen-bond acceptors (Lipinski definition) is 4. The quantitative estimate of drug-likeness (QED) is 0.562. The molecule has 0 aliphatic heterocycles. The van der Waals surface area contributed by atoms with Crippen molar-refractivity contribution >= 4 is 28.7 Å². The molecule has 3 rings (SSSR count). The Bertz CT molecular complexity index is 947. The highest BCUT2D eigenvalue weighted by Gasteiger charge is 2.15. The van der Waals surface area contributed by atoms with Crippen molar-refractivity contribution in [1.29, 1.82) is 0 Å². The number of primary amides is 1. The van der Waals surface area contributed by atoms with E-state index in [1.54, 1.807) is 6.07 Å². The smallest absolute Gasteiger partial charge is 0.283 e. The van der Waals surface area contributed by atoms with Gasteiger partial charge in [0, 0.05) is 5.69 Å². The Kier molecular flexibility index (Phi) is 3.91. The number of benzene rings is 1. The maximum atomic E-state index is 13.1. The Morgan fingerprint density at radius 1 is 1.39 bits per heavy atom. The van der Waals surface area contributed by atoms with Crippen LogP contribution in [-0.4, -0.2) is 26.2 Å². The topological polar surface area (TPSA) is 93.8 Å². The van der Waals surface area contributed by atoms with E-state index in [0.29, 0.717) is 21.9 Å². The summed E-state index contributed by atoms with van der Waals surface area (Å²) in [6.45, 7) is 1.82. The SMILES string of the molecule is Cc1cc2nc(SCC(N)=O)n(-c3ccc(F)cc3)c(=O)c2[nH]1. The molecule has 6 nitrogen and oxygen atoms in total. The lowest BCUT2D eigenvalue weighted by Gasteiger charge is -2.11. The summed E-state index contributed by atoms with van der Waals surface area (Å²) in [7, 11) is 0. The van der Waals surface area contributed by atoms with Crippen LogP contribution < -0.4 is 11.3 Å². The molecule has 3 N–H and O–H groups in total. The van der Waals surface area contributed by atoms with Crippen molar-refractivity contribution in [3.05, 3.63) is 52.2 Å². The number of aromatic amines is 1. The van der Waals surface area contributed by atoms with E-state index in [1.165, 1.54) is 28.8 Å². The summed E-state index contributed by atoms with van der Waals surface area (Å²) in [6, 6.07) is 7.23. The van der Waals surface area contributed by atoms with Crippen LogP contribution in [0.5, 0.6) is 0 Å². The minimum Gasteiger partial charge on any atom is -0.369 e. The van der Waals surface area contributed by atoms with Crippen LogP contribution in [0.1, 0.15) is 5.69 Å². The molecule has 0 atom stereocenters. The zero-order valence-electron chi connectivity index (χ0n) is 12.2. The third-order valence-corrected chi connectivity index (χ3v) is 4.15. The zero-order valence-corrected chi connectivity index (χ0v) is 13.0. The van der Waals surface area contributed by atoms with Crippen molar-refractivity contribution in [3.63, 3.8) is 0 Å². The van der Waals surface area contributed by atoms with Gasteiger partial charge in [0.25, 0.3) is 5.56 Å². The van der Waals surface area contributed by atoms with Crippen molar-refractivity contribution in [3.8, 4) is 5.69 Å². The zero-order chi connectivity index (χ0) is 16.6. The lowest BCUT2D eigenvalue weighted by atomic mass is 10.3. The first-order valence-electron chi connectivity index (χ1n) is 6.75. The van der Waals surface area contributed by atoms with Crippen molar-refractivity contribution in [2.45, 2.75) is 12.1 Å². The van der Waals surface area contributed by atoms with Gasteiger partial charge in [-0.2, -0.15) is 0 Å². The molecular weight excluding hydrogens is 319 g/mol. The van der Waals surface area contributed by atoms with Crippen molar-refractivity contribution in [1.82, 2.24) is 14.5 Å². The molecule has 118 valence electrons. The van der Waals surface area contributed by atoms with Crippen molar-refractivity contribution in [2.24, 2.45) is 5.73 Å². The van der Waals surface area contributed by atoms with Gasteiger partial charge in [-0.3, -0.25) is 14.2 Å². The second-order valence-corrected chi connectivity index (χ2v) is 5.92. The fraction of sp³-hybridized carbons (Fsp3) is 0.133. The average molecular weight is 332 g/mol. The van der Waals surface area contributed by atoms with E-state index < -0.39 is 11.7 Å². The van der Waals surface area contributed by atoms with Crippen LogP contribution in [0.4, 0.5) is 4.39 Å². The molecule has 0 radical (unpaired) electrons. The first-order chi connectivity index (χ1) is 11.0. The van der Waals surface area contributed by atoms with Gasteiger partial charge in [-0.15, -0.1) is 0 Å². The van der Waals surface area contributed by atoms with Gasteiger partial charge in [-0.25, -0.2) is 9.37 Å². The molecule has 2 heterocycles. The van der Waals surface area contributed by atoms with E-state index in [1.807, 2.05) is 6.92 Å². The van der Waals surface area contributed by atoms with Gasteiger partial charge in [0.1, 0.15) is 11.3 Å². The third kappa shape index (κ3) is 2.98. The number of aromatic nitrogens is 3. The molecule has 3 aromatic rings. The van der Waals surface area contributed by atoms with Gasteiger partial charge < -0.3 is 10.7 Å². The molecule has 8 heteroatoms. The van der Waals surface area contributed by atoms with Crippen LogP contribution in [0, 0.1) is 12.7 Å². The molecule has 0 bridgehead atoms. The third-order valence-electron chi connectivity index (χ3n) is 3.18. The number of halogens is 1. The van der Waals surface area contributed by atoms with Crippen molar-refractivity contribution < 1.29 is 9.18 Å². The summed E-state index contributed by atoms with van der Waals surface area (Å²) in [5.74, 6) is -0.930. The lowest BCUT2D eigenvalue weighted by Crippen LogP contribution is -2.23. The molecule has 0 saturated heterocycles. The number of thioether (sulfide) groups is 1. The van der Waals surface area contributed by atoms with Crippen LogP contribution in [0.15, 0.2) is 40.3 Å². The summed E-state index contributed by atoms with van der Waals surface area (Å²) in [4.78, 5) is 31.2. The average Bonchev–Trinajstić information content (AvgIpc) is 2.87. The number of H-pyrrole nitrogens is 1. The van der Waals surface area contributed by atoms with E-state index >= 15 is 0 Å². The molecule has 0 aliphatic carbocycles. The van der Waals surface area contributed by atoms with Crippen molar-refractivity contribution in [2.75, 3.05) is 5.75 Å². The summed E-state index contributed by atoms with van der Waals surface area (Å²) in [6.07, 6.45) is 0. The molecule has 0 unspecified atom stereocenters. The molecule has 0 spiro atoms. The first kappa shape index (κ1) is 15.3. The van der Waals surface area contributed by atoms with Crippen LogP contribution in [-0.2, 0) is 4.79 Å². The number of hydrogen-bond donors (Lipinski definition) is 2. The number of carbonyl (C=O) groups excluding carboxylic acids is 1. The second-order valence-electron chi connectivity index (χ2n) is 4.98. The Morgan fingerprint density at radius 3 is 2.74 bits per heavy atom. The van der Waals surface area contributed by atoms with Gasteiger partial charge in [-0.05, 0) is 37.3 Å². The van der Waals surface area contributed by atoms with E-state index in [2.05, 4.69) is 9.97 Å². The number of rotatable bonds is 4. The normalized spacial score (nSPS) is 11.0. The number of amides is 1. The molecule has 1 amide bonds. The number of nitrogens with zero attached hydrogens (tertiary/aromatic N) is 2. The number of fused-ring (bicyclic) bond motifs is 1. The lowest BCUT2D eigenvalue weighted by molar-refractivity contribution is -0.115. The molecule has 2 aromatic heterocycles. The summed E-state index contributed by atoms with van der Waals surface area (Å²) in [5, 5.41) is 0.326. The van der Waals surface area contributed by atoms with E-state index in [0.717, 1.165) is 17.5 Å². The fourth-order valence-corrected chi connectivity index (χ4v) is 2.98. The summed E-state index contributed by atoms with van der Waals surface area (Å²) >= 11 is 1.06. The van der Waals surface area contributed by atoms with Gasteiger partial charge >= 0.3 is 0 Å². The monoisotopic (exact) mass is 332 g/mol. The number of carbonyl (C=O) groups is 1. The minimum absolute atomic E-state index is 0.0114. The van der Waals surface area contributed by atoms with E-state index in [-0.39, 0.29) is 11.3 Å². The van der Waals surface area contributed by atoms with E-state index in [9.17, 15) is 14.0 Å². The highest BCUT2D eigenvalue weighted by Crippen LogP contribution is 2.21. The van der Waals surface area contributed by atoms with Gasteiger partial charge in [0.05, 0.1) is 17.0 Å². The van der Waals surface area contributed by atoms with Gasteiger partial charge in [0.2, 0.25) is 5.91 Å². The summed E-state index contributed by atoms with van der Waals surface area (Å²) in [5.41, 5.74) is 6.99. The van der Waals surface area contributed by atoms with Crippen LogP contribution >= 0.6 is 11.8 Å². The largest absolute Gasteiger partial charge is 0.369 e. The molecule has 0 saturated carbocycles. The second kappa shape index (κ2) is 5.88. The minimum atomic E-state index is -0.514. The highest BCUT2D eigenvalue weighted by molar-refractivity contribution is 7.99. The first-order valence-corrected chi connectivity index (χ1v) is 7.73. The predicted molar refractivity (Wildman–Crippen MR) is 86.3 cm³/mol. The van der Waals surface area contributed by atoms with Gasteiger partial charge in [-0.1, -0.05) is 11.8 Å². The molecule has 0 fully saturated rings. The maximum absolute atomic E-state index is 13.1. The Hall–Kier alpha value is -2.61. The molecule has 23 heavy (non-hydrogen) atoms. The Morgan fingerprint density at radius 2 is 2.09 bits per heavy atom.